The summed E-state index contributed by atoms with van der Waals surface area (Å²) in [4.78, 5) is 0. The minimum Gasteiger partial charge on any atom is -0.496 e. The van der Waals surface area contributed by atoms with Crippen LogP contribution in [0.4, 0.5) is 5.69 Å². The molecule has 2 nitrogen and oxygen atoms in total. The molecule has 0 heterocycles. The van der Waals surface area contributed by atoms with Gasteiger partial charge in [-0.05, 0) is 36.1 Å². The van der Waals surface area contributed by atoms with Crippen molar-refractivity contribution < 1.29 is 4.74 Å². The molecule has 3 heteroatoms. The van der Waals surface area contributed by atoms with Gasteiger partial charge in [0.25, 0.3) is 0 Å². The van der Waals surface area contributed by atoms with Crippen LogP contribution >= 0.6 is 12.4 Å². The average Bonchev–Trinajstić information content (AvgIpc) is 2.38. The quantitative estimate of drug-likeness (QED) is 0.857. The smallest absolute Gasteiger partial charge is 0.122 e. The fourth-order valence-corrected chi connectivity index (χ4v) is 1.94. The van der Waals surface area contributed by atoms with Gasteiger partial charge in [-0.2, -0.15) is 0 Å². The van der Waals surface area contributed by atoms with Gasteiger partial charge in [0.05, 0.1) is 7.11 Å². The van der Waals surface area contributed by atoms with Gasteiger partial charge in [0.1, 0.15) is 5.75 Å². The zero-order valence-corrected chi connectivity index (χ0v) is 11.2. The minimum absolute atomic E-state index is 0. The van der Waals surface area contributed by atoms with Crippen molar-refractivity contribution in [2.45, 2.75) is 12.8 Å². The van der Waals surface area contributed by atoms with E-state index < -0.39 is 0 Å². The van der Waals surface area contributed by atoms with Crippen molar-refractivity contribution in [1.29, 1.82) is 0 Å². The largest absolute Gasteiger partial charge is 0.496 e. The van der Waals surface area contributed by atoms with Crippen LogP contribution in [0.3, 0.4) is 0 Å². The first-order valence-corrected chi connectivity index (χ1v) is 5.76. The third-order valence-electron chi connectivity index (χ3n) is 2.91. The van der Waals surface area contributed by atoms with Gasteiger partial charge in [-0.15, -0.1) is 12.4 Å². The Labute approximate surface area is 114 Å². The van der Waals surface area contributed by atoms with E-state index >= 15 is 0 Å². The van der Waals surface area contributed by atoms with Crippen molar-refractivity contribution >= 4 is 18.1 Å². The third kappa shape index (κ3) is 3.41. The predicted molar refractivity (Wildman–Crippen MR) is 78.5 cm³/mol. The number of anilines is 1. The molecule has 0 aliphatic rings. The Morgan fingerprint density at radius 1 is 0.889 bits per heavy atom. The Morgan fingerprint density at radius 3 is 2.11 bits per heavy atom. The van der Waals surface area contributed by atoms with Gasteiger partial charge in [0.2, 0.25) is 0 Å². The third-order valence-corrected chi connectivity index (χ3v) is 2.91. The summed E-state index contributed by atoms with van der Waals surface area (Å²) in [6.45, 7) is 0. The standard InChI is InChI=1S/C15H17NO.ClH/c1-17-15-9-5-3-7-13(15)11-10-12-6-2-4-8-14(12)16;/h2-9H,10-11,16H2,1H3;1H. The van der Waals surface area contributed by atoms with E-state index in [2.05, 4.69) is 12.1 Å². The molecule has 2 aromatic carbocycles. The maximum atomic E-state index is 5.92. The first kappa shape index (κ1) is 14.4. The molecule has 0 unspecified atom stereocenters. The molecule has 2 aromatic rings. The first-order valence-electron chi connectivity index (χ1n) is 5.76. The number of rotatable bonds is 4. The lowest BCUT2D eigenvalue weighted by Crippen LogP contribution is -1.98. The van der Waals surface area contributed by atoms with Crippen LogP contribution in [0.2, 0.25) is 0 Å². The fraction of sp³-hybridized carbons (Fsp3) is 0.200. The summed E-state index contributed by atoms with van der Waals surface area (Å²) >= 11 is 0. The van der Waals surface area contributed by atoms with Crippen LogP contribution in [0.25, 0.3) is 0 Å². The fourth-order valence-electron chi connectivity index (χ4n) is 1.94. The monoisotopic (exact) mass is 263 g/mol. The van der Waals surface area contributed by atoms with Crippen LogP contribution in [-0.2, 0) is 12.8 Å². The number of hydrogen-bond acceptors (Lipinski definition) is 2. The molecule has 96 valence electrons. The van der Waals surface area contributed by atoms with E-state index in [9.17, 15) is 0 Å². The van der Waals surface area contributed by atoms with E-state index in [1.54, 1.807) is 7.11 Å². The number of hydrogen-bond donors (Lipinski definition) is 1. The van der Waals surface area contributed by atoms with E-state index in [4.69, 9.17) is 10.5 Å². The zero-order valence-electron chi connectivity index (χ0n) is 10.4. The number of benzene rings is 2. The summed E-state index contributed by atoms with van der Waals surface area (Å²) in [5, 5.41) is 0. The van der Waals surface area contributed by atoms with Crippen molar-refractivity contribution in [2.75, 3.05) is 12.8 Å². The number of para-hydroxylation sites is 2. The molecular weight excluding hydrogens is 246 g/mol. The van der Waals surface area contributed by atoms with Gasteiger partial charge < -0.3 is 10.5 Å². The first-order chi connectivity index (χ1) is 8.31. The lowest BCUT2D eigenvalue weighted by molar-refractivity contribution is 0.409. The maximum absolute atomic E-state index is 5.92. The Kier molecular flexibility index (Phi) is 5.53. The van der Waals surface area contributed by atoms with Crippen LogP contribution in [-0.4, -0.2) is 7.11 Å². The Bertz CT molecular complexity index is 499. The van der Waals surface area contributed by atoms with Crippen molar-refractivity contribution in [2.24, 2.45) is 0 Å². The van der Waals surface area contributed by atoms with Gasteiger partial charge in [-0.1, -0.05) is 36.4 Å². The summed E-state index contributed by atoms with van der Waals surface area (Å²) in [5.41, 5.74) is 9.20. The molecule has 2 N–H and O–H groups in total. The Morgan fingerprint density at radius 2 is 1.44 bits per heavy atom. The molecule has 0 amide bonds. The molecular formula is C15H18ClNO. The van der Waals surface area contributed by atoms with Crippen LogP contribution in [0.15, 0.2) is 48.5 Å². The van der Waals surface area contributed by atoms with Gasteiger partial charge in [0, 0.05) is 5.69 Å². The molecule has 0 spiro atoms. The van der Waals surface area contributed by atoms with Crippen LogP contribution in [0.1, 0.15) is 11.1 Å². The summed E-state index contributed by atoms with van der Waals surface area (Å²) in [7, 11) is 1.70. The maximum Gasteiger partial charge on any atom is 0.122 e. The second-order valence-corrected chi connectivity index (χ2v) is 4.01. The lowest BCUT2D eigenvalue weighted by Gasteiger charge is -2.09. The van der Waals surface area contributed by atoms with Crippen molar-refractivity contribution in [3.05, 3.63) is 59.7 Å². The minimum atomic E-state index is 0. The van der Waals surface area contributed by atoms with E-state index in [0.717, 1.165) is 24.3 Å². The molecule has 0 aliphatic carbocycles. The number of nitrogens with two attached hydrogens (primary N) is 1. The van der Waals surface area contributed by atoms with Crippen LogP contribution in [0.5, 0.6) is 5.75 Å². The normalized spacial score (nSPS) is 9.61. The SMILES string of the molecule is COc1ccccc1CCc1ccccc1N.Cl. The van der Waals surface area contributed by atoms with Crippen molar-refractivity contribution in [1.82, 2.24) is 0 Å². The van der Waals surface area contributed by atoms with E-state index in [0.29, 0.717) is 0 Å². The highest BCUT2D eigenvalue weighted by atomic mass is 35.5. The summed E-state index contributed by atoms with van der Waals surface area (Å²) in [6, 6.07) is 16.1. The van der Waals surface area contributed by atoms with Gasteiger partial charge in [0.15, 0.2) is 0 Å². The highest BCUT2D eigenvalue weighted by molar-refractivity contribution is 5.85. The molecule has 0 aromatic heterocycles. The summed E-state index contributed by atoms with van der Waals surface area (Å²) in [5.74, 6) is 0.946. The number of halogens is 1. The summed E-state index contributed by atoms with van der Waals surface area (Å²) < 4.78 is 5.33. The molecule has 0 radical (unpaired) electrons. The second-order valence-electron chi connectivity index (χ2n) is 4.01. The number of ether oxygens (including phenoxy) is 1. The Balaban J connectivity index is 0.00000162. The van der Waals surface area contributed by atoms with E-state index in [1.807, 2.05) is 36.4 Å². The van der Waals surface area contributed by atoms with Gasteiger partial charge in [-0.3, -0.25) is 0 Å². The topological polar surface area (TPSA) is 35.2 Å². The van der Waals surface area contributed by atoms with Gasteiger partial charge in [-0.25, -0.2) is 0 Å². The molecule has 0 bridgehead atoms. The number of methoxy groups -OCH3 is 1. The molecule has 0 atom stereocenters. The highest BCUT2D eigenvalue weighted by Crippen LogP contribution is 2.20. The van der Waals surface area contributed by atoms with Crippen molar-refractivity contribution in [3.63, 3.8) is 0 Å². The number of nitrogen functional groups attached to an aromatic ring is 1. The van der Waals surface area contributed by atoms with Crippen LogP contribution in [0, 0.1) is 0 Å². The zero-order chi connectivity index (χ0) is 12.1. The van der Waals surface area contributed by atoms with E-state index in [-0.39, 0.29) is 12.4 Å². The molecule has 0 aliphatic heterocycles. The van der Waals surface area contributed by atoms with E-state index in [1.165, 1.54) is 11.1 Å². The molecule has 0 saturated carbocycles. The summed E-state index contributed by atoms with van der Waals surface area (Å²) in [6.07, 6.45) is 1.88. The Hall–Kier alpha value is -1.67. The lowest BCUT2D eigenvalue weighted by atomic mass is 10.0. The second kappa shape index (κ2) is 6.92. The molecule has 0 fully saturated rings. The highest BCUT2D eigenvalue weighted by Gasteiger charge is 2.03. The predicted octanol–water partition coefficient (Wildman–Crippen LogP) is 3.48. The molecule has 18 heavy (non-hydrogen) atoms. The van der Waals surface area contributed by atoms with Gasteiger partial charge >= 0.3 is 0 Å². The molecule has 2 rings (SSSR count). The van der Waals surface area contributed by atoms with Crippen LogP contribution < -0.4 is 10.5 Å². The average molecular weight is 264 g/mol. The molecule has 0 saturated heterocycles. The number of aryl methyl sites for hydroxylation is 2. The van der Waals surface area contributed by atoms with Crippen molar-refractivity contribution in [3.8, 4) is 5.75 Å².